The van der Waals surface area contributed by atoms with E-state index < -0.39 is 0 Å². The predicted molar refractivity (Wildman–Crippen MR) is 158 cm³/mol. The van der Waals surface area contributed by atoms with Crippen molar-refractivity contribution in [2.75, 3.05) is 44.2 Å². The molecule has 1 fully saturated rings. The molecule has 0 atom stereocenters. The van der Waals surface area contributed by atoms with Crippen molar-refractivity contribution in [1.29, 1.82) is 0 Å². The second-order valence-electron chi connectivity index (χ2n) is 10.1. The number of carbonyl (C=O) groups is 1. The summed E-state index contributed by atoms with van der Waals surface area (Å²) in [7, 11) is 0. The van der Waals surface area contributed by atoms with Crippen molar-refractivity contribution in [3.05, 3.63) is 70.3 Å². The topological polar surface area (TPSA) is 54.8 Å². The number of thiophene rings is 1. The van der Waals surface area contributed by atoms with Gasteiger partial charge in [-0.2, -0.15) is 0 Å². The van der Waals surface area contributed by atoms with Crippen LogP contribution in [0.3, 0.4) is 0 Å². The summed E-state index contributed by atoms with van der Waals surface area (Å²) < 4.78 is 8.71. The lowest BCUT2D eigenvalue weighted by atomic mass is 10.1. The third kappa shape index (κ3) is 6.11. The highest BCUT2D eigenvalue weighted by Crippen LogP contribution is 2.31. The van der Waals surface area contributed by atoms with Crippen molar-refractivity contribution in [3.63, 3.8) is 0 Å². The van der Waals surface area contributed by atoms with Crippen LogP contribution in [0, 0.1) is 0 Å². The third-order valence-corrected chi connectivity index (χ3v) is 8.32. The van der Waals surface area contributed by atoms with Crippen molar-refractivity contribution < 1.29 is 9.53 Å². The third-order valence-electron chi connectivity index (χ3n) is 7.44. The molecule has 0 unspecified atom stereocenters. The molecule has 5 rings (SSSR count). The average molecular weight is 532 g/mol. The van der Waals surface area contributed by atoms with Crippen LogP contribution in [0.5, 0.6) is 5.75 Å². The molecular weight excluding hydrogens is 494 g/mol. The highest BCUT2D eigenvalue weighted by Gasteiger charge is 2.18. The Morgan fingerprint density at radius 2 is 1.79 bits per heavy atom. The molecule has 0 spiro atoms. The lowest BCUT2D eigenvalue weighted by Gasteiger charge is -2.36. The number of piperazine rings is 1. The summed E-state index contributed by atoms with van der Waals surface area (Å²) in [5.74, 6) is 0.563. The lowest BCUT2D eigenvalue weighted by Crippen LogP contribution is -2.46. The number of unbranched alkanes of at least 4 members (excludes halogenated alkanes) is 3. The quantitative estimate of drug-likeness (QED) is 0.209. The molecule has 38 heavy (non-hydrogen) atoms. The molecule has 0 N–H and O–H groups in total. The summed E-state index contributed by atoms with van der Waals surface area (Å²) in [6.07, 6.45) is 5.25. The fourth-order valence-corrected chi connectivity index (χ4v) is 6.10. The van der Waals surface area contributed by atoms with E-state index in [4.69, 9.17) is 4.74 Å². The van der Waals surface area contributed by atoms with Crippen LogP contribution in [0.15, 0.2) is 64.8 Å². The number of carbonyl (C=O) groups excluding carboxylic acids is 1. The summed E-state index contributed by atoms with van der Waals surface area (Å²) in [5, 5.41) is 4.42. The number of benzene rings is 2. The molecule has 0 amide bonds. The number of fused-ring (bicyclic) bond motifs is 2. The van der Waals surface area contributed by atoms with Gasteiger partial charge < -0.3 is 9.64 Å². The Labute approximate surface area is 228 Å². The van der Waals surface area contributed by atoms with Crippen molar-refractivity contribution in [1.82, 2.24) is 9.47 Å². The first kappa shape index (κ1) is 26.4. The maximum Gasteiger partial charge on any atom is 0.257 e. The molecule has 1 aliphatic heterocycles. The van der Waals surface area contributed by atoms with Crippen molar-refractivity contribution in [3.8, 4) is 5.75 Å². The van der Waals surface area contributed by atoms with Crippen molar-refractivity contribution >= 4 is 43.9 Å². The monoisotopic (exact) mass is 531 g/mol. The van der Waals surface area contributed by atoms with Crippen LogP contribution in [-0.4, -0.2) is 54.7 Å². The van der Waals surface area contributed by atoms with E-state index in [0.29, 0.717) is 24.3 Å². The SMILES string of the molecule is CCCCCC(=O)n1c(=O)ccc2ccc(OCCCCN3CCN(c4cccc5sccc45)CC3)cc21. The largest absolute Gasteiger partial charge is 0.494 e. The maximum atomic E-state index is 12.8. The smallest absolute Gasteiger partial charge is 0.257 e. The molecule has 0 aliphatic carbocycles. The van der Waals surface area contributed by atoms with E-state index in [1.165, 1.54) is 26.4 Å². The number of aromatic nitrogens is 1. The molecule has 2 aromatic heterocycles. The molecule has 3 heterocycles. The van der Waals surface area contributed by atoms with Gasteiger partial charge in [-0.1, -0.05) is 25.8 Å². The molecule has 0 bridgehead atoms. The first-order valence-corrected chi connectivity index (χ1v) is 14.8. The molecule has 200 valence electrons. The second-order valence-corrected chi connectivity index (χ2v) is 11.0. The van der Waals surface area contributed by atoms with Gasteiger partial charge >= 0.3 is 0 Å². The molecular formula is C31H37N3O3S. The van der Waals surface area contributed by atoms with E-state index in [9.17, 15) is 9.59 Å². The molecule has 0 saturated carbocycles. The first-order chi connectivity index (χ1) is 18.6. The summed E-state index contributed by atoms with van der Waals surface area (Å²) in [6.45, 7) is 8.07. The van der Waals surface area contributed by atoms with E-state index in [2.05, 4.69) is 46.4 Å². The van der Waals surface area contributed by atoms with E-state index in [0.717, 1.165) is 70.2 Å². The second kappa shape index (κ2) is 12.6. The molecule has 0 radical (unpaired) electrons. The van der Waals surface area contributed by atoms with Crippen LogP contribution in [0.1, 0.15) is 50.2 Å². The van der Waals surface area contributed by atoms with Gasteiger partial charge in [0.2, 0.25) is 5.91 Å². The Bertz CT molecular complexity index is 1440. The molecule has 7 heteroatoms. The molecule has 1 aliphatic rings. The molecule has 4 aromatic rings. The molecule has 6 nitrogen and oxygen atoms in total. The number of hydrogen-bond acceptors (Lipinski definition) is 6. The first-order valence-electron chi connectivity index (χ1n) is 13.9. The van der Waals surface area contributed by atoms with Gasteiger partial charge in [0.1, 0.15) is 5.75 Å². The Kier molecular flexibility index (Phi) is 8.76. The Morgan fingerprint density at radius 1 is 0.947 bits per heavy atom. The van der Waals surface area contributed by atoms with Crippen LogP contribution in [0.4, 0.5) is 5.69 Å². The maximum absolute atomic E-state index is 12.8. The van der Waals surface area contributed by atoms with Crippen LogP contribution in [0.2, 0.25) is 0 Å². The minimum Gasteiger partial charge on any atom is -0.494 e. The number of anilines is 1. The zero-order valence-corrected chi connectivity index (χ0v) is 23.0. The van der Waals surface area contributed by atoms with Crippen LogP contribution >= 0.6 is 11.3 Å². The lowest BCUT2D eigenvalue weighted by molar-refractivity contribution is 0.0900. The highest BCUT2D eigenvalue weighted by atomic mass is 32.1. The minimum atomic E-state index is -0.275. The Balaban J connectivity index is 1.09. The van der Waals surface area contributed by atoms with E-state index in [1.807, 2.05) is 29.5 Å². The van der Waals surface area contributed by atoms with Crippen LogP contribution in [0.25, 0.3) is 21.0 Å². The average Bonchev–Trinajstić information content (AvgIpc) is 3.42. The zero-order chi connectivity index (χ0) is 26.3. The minimum absolute atomic E-state index is 0.140. The van der Waals surface area contributed by atoms with Gasteiger partial charge in [-0.05, 0) is 73.0 Å². The molecule has 1 saturated heterocycles. The van der Waals surface area contributed by atoms with E-state index in [1.54, 1.807) is 6.07 Å². The van der Waals surface area contributed by atoms with Gasteiger partial charge in [0.05, 0.1) is 12.1 Å². The number of pyridine rings is 1. The number of hydrogen-bond donors (Lipinski definition) is 0. The summed E-state index contributed by atoms with van der Waals surface area (Å²) in [5.41, 5.74) is 1.72. The zero-order valence-electron chi connectivity index (χ0n) is 22.2. The normalized spacial score (nSPS) is 14.4. The van der Waals surface area contributed by atoms with Crippen molar-refractivity contribution in [2.45, 2.75) is 45.4 Å². The van der Waals surface area contributed by atoms with Crippen LogP contribution < -0.4 is 15.2 Å². The fourth-order valence-electron chi connectivity index (χ4n) is 5.29. The predicted octanol–water partition coefficient (Wildman–Crippen LogP) is 6.42. The summed E-state index contributed by atoms with van der Waals surface area (Å²) in [6, 6.07) is 17.8. The van der Waals surface area contributed by atoms with Crippen molar-refractivity contribution in [2.24, 2.45) is 0 Å². The summed E-state index contributed by atoms with van der Waals surface area (Å²) in [4.78, 5) is 30.3. The number of rotatable bonds is 11. The number of nitrogens with zero attached hydrogens (tertiary/aromatic N) is 3. The van der Waals surface area contributed by atoms with Gasteiger partial charge in [-0.15, -0.1) is 11.3 Å². The highest BCUT2D eigenvalue weighted by molar-refractivity contribution is 7.17. The van der Waals surface area contributed by atoms with Gasteiger partial charge in [0.15, 0.2) is 0 Å². The fraction of sp³-hybridized carbons (Fsp3) is 0.419. The van der Waals surface area contributed by atoms with E-state index >= 15 is 0 Å². The van der Waals surface area contributed by atoms with E-state index in [-0.39, 0.29) is 11.5 Å². The number of ether oxygens (including phenoxy) is 1. The van der Waals surface area contributed by atoms with Gasteiger partial charge in [-0.3, -0.25) is 14.5 Å². The van der Waals surface area contributed by atoms with Gasteiger partial charge in [-0.25, -0.2) is 4.57 Å². The Morgan fingerprint density at radius 3 is 2.63 bits per heavy atom. The van der Waals surface area contributed by atoms with Crippen LogP contribution in [-0.2, 0) is 0 Å². The molecule has 2 aromatic carbocycles. The summed E-state index contributed by atoms with van der Waals surface area (Å²) >= 11 is 1.81. The standard InChI is InChI=1S/C31H37N3O3S/c1-2-3-4-10-30(35)34-28-23-25(13-11-24(28)12-14-31(34)36)37-21-6-5-16-32-17-19-33(20-18-32)27-8-7-9-29-26(27)15-22-38-29/h7-9,11-15,22-23H,2-6,10,16-21H2,1H3. The van der Waals surface area contributed by atoms with Gasteiger partial charge in [0, 0.05) is 60.5 Å². The Hall–Kier alpha value is -3.16. The van der Waals surface area contributed by atoms with Gasteiger partial charge in [0.25, 0.3) is 5.56 Å².